The molecule has 4 rings (SSSR count). The Balaban J connectivity index is 1.68. The molecule has 6 heteroatoms. The van der Waals surface area contributed by atoms with Crippen molar-refractivity contribution in [3.8, 4) is 0 Å². The molecule has 1 heterocycles. The second kappa shape index (κ2) is 7.55. The van der Waals surface area contributed by atoms with Crippen LogP contribution in [0, 0.1) is 0 Å². The molecule has 6 nitrogen and oxygen atoms in total. The predicted molar refractivity (Wildman–Crippen MR) is 112 cm³/mol. The van der Waals surface area contributed by atoms with Gasteiger partial charge in [0, 0.05) is 6.42 Å². The SMILES string of the molecule is C[C@@H]1CC(O)(c2cccc3ccccc23)C[N+]1(C(=O)O)C(=O)OCc1ccccc1. The number of hydrogen-bond donors (Lipinski definition) is 2. The molecule has 0 spiro atoms. The molecule has 0 aliphatic carbocycles. The first-order chi connectivity index (χ1) is 14.4. The largest absolute Gasteiger partial charge is 0.527 e. The van der Waals surface area contributed by atoms with E-state index in [4.69, 9.17) is 4.74 Å². The van der Waals surface area contributed by atoms with Crippen LogP contribution in [0.3, 0.4) is 0 Å². The molecular formula is C24H24NO5+. The lowest BCUT2D eigenvalue weighted by atomic mass is 9.87. The fourth-order valence-corrected chi connectivity index (χ4v) is 4.52. The van der Waals surface area contributed by atoms with E-state index in [0.717, 1.165) is 16.3 Å². The van der Waals surface area contributed by atoms with Crippen molar-refractivity contribution in [2.75, 3.05) is 6.54 Å². The van der Waals surface area contributed by atoms with Crippen LogP contribution in [-0.2, 0) is 16.9 Å². The molecule has 1 aliphatic heterocycles. The first kappa shape index (κ1) is 20.1. The molecule has 0 aromatic heterocycles. The highest BCUT2D eigenvalue weighted by Gasteiger charge is 2.64. The molecular weight excluding hydrogens is 382 g/mol. The van der Waals surface area contributed by atoms with E-state index in [1.54, 1.807) is 25.1 Å². The molecule has 2 unspecified atom stereocenters. The molecule has 1 saturated heterocycles. The number of carbonyl (C=O) groups is 2. The van der Waals surface area contributed by atoms with Gasteiger partial charge in [0.15, 0.2) is 0 Å². The number of aliphatic hydroxyl groups is 1. The van der Waals surface area contributed by atoms with Crippen molar-refractivity contribution in [1.82, 2.24) is 0 Å². The summed E-state index contributed by atoms with van der Waals surface area (Å²) in [6, 6.07) is 21.6. The van der Waals surface area contributed by atoms with Crippen molar-refractivity contribution in [2.45, 2.75) is 31.6 Å². The molecule has 3 atom stereocenters. The molecule has 1 aliphatic rings. The molecule has 30 heavy (non-hydrogen) atoms. The number of amides is 2. The van der Waals surface area contributed by atoms with Crippen molar-refractivity contribution in [3.05, 3.63) is 83.9 Å². The summed E-state index contributed by atoms with van der Waals surface area (Å²) in [7, 11) is 0. The average molecular weight is 406 g/mol. The number of rotatable bonds is 3. The third-order valence-corrected chi connectivity index (χ3v) is 6.06. The van der Waals surface area contributed by atoms with Gasteiger partial charge in [-0.25, -0.2) is 0 Å². The highest BCUT2D eigenvalue weighted by atomic mass is 16.6. The zero-order valence-electron chi connectivity index (χ0n) is 16.7. The van der Waals surface area contributed by atoms with E-state index in [1.165, 1.54) is 0 Å². The normalized spacial score (nSPS) is 25.9. The summed E-state index contributed by atoms with van der Waals surface area (Å²) in [5.74, 6) is 0. The van der Waals surface area contributed by atoms with Crippen LogP contribution in [-0.4, -0.2) is 39.5 Å². The standard InChI is InChI=1S/C24H23NO5/c1-17-14-24(29,21-13-7-11-19-10-5-6-12-20(19)21)16-25(17,22(26)27)23(28)30-15-18-8-3-2-4-9-18/h2-13,17,29H,14-16H2,1H3/p+1/t17-,24?,25?/m1/s1. The number of ether oxygens (including phenoxy) is 1. The number of likely N-dealkylation sites (tertiary alicyclic amines) is 1. The first-order valence-corrected chi connectivity index (χ1v) is 9.90. The Bertz CT molecular complexity index is 1090. The fraction of sp³-hybridized carbons (Fsp3) is 0.250. The quantitative estimate of drug-likeness (QED) is 0.619. The molecule has 0 radical (unpaired) electrons. The minimum atomic E-state index is -1.47. The zero-order chi connectivity index (χ0) is 21.4. The number of hydrogen-bond acceptors (Lipinski definition) is 4. The Morgan fingerprint density at radius 2 is 1.70 bits per heavy atom. The molecule has 0 saturated carbocycles. The molecule has 0 bridgehead atoms. The van der Waals surface area contributed by atoms with Gasteiger partial charge in [-0.15, -0.1) is 4.48 Å². The number of carboxylic acid groups (broad SMARTS) is 1. The van der Waals surface area contributed by atoms with Crippen LogP contribution in [0.25, 0.3) is 10.8 Å². The average Bonchev–Trinajstić information content (AvgIpc) is 3.05. The molecule has 2 amide bonds. The lowest BCUT2D eigenvalue weighted by molar-refractivity contribution is -0.799. The van der Waals surface area contributed by atoms with Crippen molar-refractivity contribution < 1.29 is 29.0 Å². The minimum Gasteiger partial charge on any atom is -0.435 e. The van der Waals surface area contributed by atoms with Crippen molar-refractivity contribution in [1.29, 1.82) is 0 Å². The number of fused-ring (bicyclic) bond motifs is 1. The van der Waals surface area contributed by atoms with Gasteiger partial charge in [0.2, 0.25) is 0 Å². The second-order valence-corrected chi connectivity index (χ2v) is 7.96. The fourth-order valence-electron chi connectivity index (χ4n) is 4.52. The predicted octanol–water partition coefficient (Wildman–Crippen LogP) is 4.65. The molecule has 154 valence electrons. The Morgan fingerprint density at radius 1 is 1.03 bits per heavy atom. The molecule has 3 aromatic rings. The van der Waals surface area contributed by atoms with Crippen LogP contribution < -0.4 is 0 Å². The van der Waals surface area contributed by atoms with Crippen LogP contribution >= 0.6 is 0 Å². The highest BCUT2D eigenvalue weighted by Crippen LogP contribution is 2.44. The number of nitrogens with zero attached hydrogens (tertiary/aromatic N) is 1. The van der Waals surface area contributed by atoms with E-state index in [-0.39, 0.29) is 19.6 Å². The maximum absolute atomic E-state index is 13.0. The van der Waals surface area contributed by atoms with E-state index in [0.29, 0.717) is 5.56 Å². The molecule has 2 N–H and O–H groups in total. The van der Waals surface area contributed by atoms with Crippen molar-refractivity contribution in [2.24, 2.45) is 0 Å². The van der Waals surface area contributed by atoms with E-state index in [9.17, 15) is 19.8 Å². The summed E-state index contributed by atoms with van der Waals surface area (Å²) in [6.07, 6.45) is -2.06. The topological polar surface area (TPSA) is 83.8 Å². The van der Waals surface area contributed by atoms with Crippen LogP contribution in [0.2, 0.25) is 0 Å². The van der Waals surface area contributed by atoms with Gasteiger partial charge in [-0.3, -0.25) is 0 Å². The highest BCUT2D eigenvalue weighted by molar-refractivity contribution is 5.86. The lowest BCUT2D eigenvalue weighted by Gasteiger charge is -2.29. The number of carbonyl (C=O) groups excluding carboxylic acids is 1. The van der Waals surface area contributed by atoms with Crippen LogP contribution in [0.15, 0.2) is 72.8 Å². The van der Waals surface area contributed by atoms with Gasteiger partial charge in [-0.2, -0.15) is 9.59 Å². The lowest BCUT2D eigenvalue weighted by Crippen LogP contribution is -2.59. The van der Waals surface area contributed by atoms with E-state index >= 15 is 0 Å². The summed E-state index contributed by atoms with van der Waals surface area (Å²) in [6.45, 7) is 1.36. The Kier molecular flexibility index (Phi) is 5.05. The maximum atomic E-state index is 13.0. The van der Waals surface area contributed by atoms with Gasteiger partial charge in [-0.1, -0.05) is 72.8 Å². The second-order valence-electron chi connectivity index (χ2n) is 7.96. The van der Waals surface area contributed by atoms with Gasteiger partial charge in [-0.05, 0) is 28.8 Å². The Morgan fingerprint density at radius 3 is 2.43 bits per heavy atom. The summed E-state index contributed by atoms with van der Waals surface area (Å²) >= 11 is 0. The van der Waals surface area contributed by atoms with Gasteiger partial charge in [0.25, 0.3) is 0 Å². The Labute approximate surface area is 174 Å². The number of benzene rings is 3. The number of quaternary nitrogens is 1. The van der Waals surface area contributed by atoms with Gasteiger partial charge < -0.3 is 14.9 Å². The summed E-state index contributed by atoms with van der Waals surface area (Å²) in [5.41, 5.74) is -0.0696. The summed E-state index contributed by atoms with van der Waals surface area (Å²) < 4.78 is 4.44. The third kappa shape index (κ3) is 3.24. The summed E-state index contributed by atoms with van der Waals surface area (Å²) in [4.78, 5) is 25.4. The third-order valence-electron chi connectivity index (χ3n) is 6.06. The monoisotopic (exact) mass is 406 g/mol. The van der Waals surface area contributed by atoms with Crippen LogP contribution in [0.5, 0.6) is 0 Å². The van der Waals surface area contributed by atoms with Gasteiger partial charge >= 0.3 is 12.2 Å². The first-order valence-electron chi connectivity index (χ1n) is 9.90. The smallest absolute Gasteiger partial charge is 0.435 e. The number of imide groups is 1. The maximum Gasteiger partial charge on any atom is 0.527 e. The van der Waals surface area contributed by atoms with Crippen molar-refractivity contribution >= 4 is 23.0 Å². The van der Waals surface area contributed by atoms with E-state index in [2.05, 4.69) is 0 Å². The molecule has 3 aromatic carbocycles. The molecule has 1 fully saturated rings. The van der Waals surface area contributed by atoms with Crippen LogP contribution in [0.4, 0.5) is 9.59 Å². The summed E-state index contributed by atoms with van der Waals surface area (Å²) in [5, 5.41) is 23.4. The van der Waals surface area contributed by atoms with Crippen molar-refractivity contribution in [3.63, 3.8) is 0 Å². The van der Waals surface area contributed by atoms with Crippen LogP contribution in [0.1, 0.15) is 24.5 Å². The van der Waals surface area contributed by atoms with E-state index < -0.39 is 28.3 Å². The zero-order valence-corrected chi connectivity index (χ0v) is 16.7. The van der Waals surface area contributed by atoms with E-state index in [1.807, 2.05) is 54.6 Å². The van der Waals surface area contributed by atoms with Gasteiger partial charge in [0.1, 0.15) is 24.8 Å². The Hall–Kier alpha value is -3.22. The minimum absolute atomic E-state index is 0.0215. The van der Waals surface area contributed by atoms with Gasteiger partial charge in [0.05, 0.1) is 0 Å².